The van der Waals surface area contributed by atoms with Gasteiger partial charge in [-0.2, -0.15) is 5.26 Å². The average Bonchev–Trinajstić information content (AvgIpc) is 3.17. The number of benzene rings is 2. The fourth-order valence-electron chi connectivity index (χ4n) is 3.53. The number of aryl methyl sites for hydroxylation is 1. The molecule has 2 aromatic carbocycles. The summed E-state index contributed by atoms with van der Waals surface area (Å²) in [5.41, 5.74) is 5.65. The quantitative estimate of drug-likeness (QED) is 0.240. The molecular weight excluding hydrogens is 406 g/mol. The summed E-state index contributed by atoms with van der Waals surface area (Å²) in [4.78, 5) is 11.6. The van der Waals surface area contributed by atoms with E-state index in [0.29, 0.717) is 11.5 Å². The molecule has 0 saturated heterocycles. The summed E-state index contributed by atoms with van der Waals surface area (Å²) in [7, 11) is 0. The van der Waals surface area contributed by atoms with Crippen LogP contribution in [0.25, 0.3) is 21.3 Å². The van der Waals surface area contributed by atoms with E-state index in [-0.39, 0.29) is 0 Å². The van der Waals surface area contributed by atoms with Crippen LogP contribution in [0.5, 0.6) is 0 Å². The van der Waals surface area contributed by atoms with E-state index in [0.717, 1.165) is 33.0 Å². The van der Waals surface area contributed by atoms with Crippen molar-refractivity contribution in [3.05, 3.63) is 76.4 Å². The maximum absolute atomic E-state index is 9.16. The van der Waals surface area contributed by atoms with Crippen LogP contribution in [0.2, 0.25) is 0 Å². The highest BCUT2D eigenvalue weighted by Crippen LogP contribution is 2.42. The van der Waals surface area contributed by atoms with Crippen molar-refractivity contribution in [1.29, 1.82) is 5.26 Å². The van der Waals surface area contributed by atoms with E-state index < -0.39 is 0 Å². The van der Waals surface area contributed by atoms with Crippen LogP contribution in [0.15, 0.2) is 59.9 Å². The van der Waals surface area contributed by atoms with E-state index in [1.165, 1.54) is 21.6 Å². The molecule has 0 amide bonds. The first-order valence-corrected chi connectivity index (χ1v) is 11.9. The van der Waals surface area contributed by atoms with Gasteiger partial charge < -0.3 is 0 Å². The maximum atomic E-state index is 9.16. The van der Waals surface area contributed by atoms with E-state index >= 15 is 0 Å². The van der Waals surface area contributed by atoms with Crippen molar-refractivity contribution < 1.29 is 0 Å². The molecular formula is C25H23N3S2. The fourth-order valence-corrected chi connectivity index (χ4v) is 5.65. The largest absolute Gasteiger partial charge is 0.229 e. The molecule has 0 unspecified atom stereocenters. The Morgan fingerprint density at radius 3 is 2.60 bits per heavy atom. The monoisotopic (exact) mass is 429 g/mol. The minimum Gasteiger partial charge on any atom is -0.229 e. The molecule has 5 heteroatoms. The number of hydrogen-bond donors (Lipinski definition) is 0. The molecule has 0 aliphatic heterocycles. The van der Waals surface area contributed by atoms with Crippen molar-refractivity contribution in [2.75, 3.05) is 0 Å². The third kappa shape index (κ3) is 4.12. The van der Waals surface area contributed by atoms with Crippen LogP contribution in [0, 0.1) is 11.3 Å². The summed E-state index contributed by atoms with van der Waals surface area (Å²) in [6.45, 7) is 6.64. The molecule has 2 heterocycles. The molecule has 0 N–H and O–H groups in total. The Morgan fingerprint density at radius 2 is 1.90 bits per heavy atom. The molecule has 30 heavy (non-hydrogen) atoms. The van der Waals surface area contributed by atoms with Crippen LogP contribution >= 0.6 is 23.1 Å². The van der Waals surface area contributed by atoms with Gasteiger partial charge >= 0.3 is 0 Å². The van der Waals surface area contributed by atoms with Crippen molar-refractivity contribution in [3.63, 3.8) is 0 Å². The van der Waals surface area contributed by atoms with Crippen molar-refractivity contribution in [1.82, 2.24) is 9.97 Å². The van der Waals surface area contributed by atoms with Gasteiger partial charge in [0.15, 0.2) is 0 Å². The molecule has 4 aromatic rings. The number of hydrogen-bond acceptors (Lipinski definition) is 5. The standard InChI is InChI=1S/C25H23N3S2/c1-4-21-22(20-10-8-19(9-11-20)16(2)3)23-24(27-15-28-25(23)30-21)29-14-18-7-5-6-17(12-18)13-26/h5-12,15-16H,4,14H2,1-3H3. The predicted octanol–water partition coefficient (Wildman–Crippen LogP) is 7.21. The average molecular weight is 430 g/mol. The van der Waals surface area contributed by atoms with Gasteiger partial charge in [-0.15, -0.1) is 23.1 Å². The highest BCUT2D eigenvalue weighted by atomic mass is 32.2. The first kappa shape index (κ1) is 20.6. The third-order valence-corrected chi connectivity index (χ3v) is 7.45. The van der Waals surface area contributed by atoms with Crippen molar-refractivity contribution in [2.45, 2.75) is 43.9 Å². The molecule has 2 aromatic heterocycles. The number of nitriles is 1. The van der Waals surface area contributed by atoms with Crippen LogP contribution in [0.3, 0.4) is 0 Å². The highest BCUT2D eigenvalue weighted by Gasteiger charge is 2.18. The Hall–Kier alpha value is -2.68. The summed E-state index contributed by atoms with van der Waals surface area (Å²) >= 11 is 3.47. The van der Waals surface area contributed by atoms with Crippen LogP contribution in [-0.2, 0) is 12.2 Å². The second-order valence-electron chi connectivity index (χ2n) is 7.49. The summed E-state index contributed by atoms with van der Waals surface area (Å²) < 4.78 is 0. The Morgan fingerprint density at radius 1 is 1.10 bits per heavy atom. The lowest BCUT2D eigenvalue weighted by atomic mass is 9.97. The van der Waals surface area contributed by atoms with Gasteiger partial charge in [-0.25, -0.2) is 9.97 Å². The predicted molar refractivity (Wildman–Crippen MR) is 127 cm³/mol. The van der Waals surface area contributed by atoms with E-state index in [1.54, 1.807) is 29.4 Å². The number of nitrogens with zero attached hydrogens (tertiary/aromatic N) is 3. The van der Waals surface area contributed by atoms with Gasteiger partial charge in [0.2, 0.25) is 0 Å². The number of thioether (sulfide) groups is 1. The van der Waals surface area contributed by atoms with Crippen LogP contribution in [-0.4, -0.2) is 9.97 Å². The number of fused-ring (bicyclic) bond motifs is 1. The summed E-state index contributed by atoms with van der Waals surface area (Å²) in [6, 6.07) is 18.9. The molecule has 0 atom stereocenters. The number of thiophene rings is 1. The molecule has 150 valence electrons. The Balaban J connectivity index is 1.76. The van der Waals surface area contributed by atoms with Crippen LogP contribution in [0.4, 0.5) is 0 Å². The van der Waals surface area contributed by atoms with E-state index in [2.05, 4.69) is 67.1 Å². The van der Waals surface area contributed by atoms with Gasteiger partial charge in [-0.05, 0) is 41.2 Å². The Labute approximate surface area is 185 Å². The lowest BCUT2D eigenvalue weighted by Gasteiger charge is -2.10. The Bertz CT molecular complexity index is 1220. The van der Waals surface area contributed by atoms with E-state index in [4.69, 9.17) is 5.26 Å². The molecule has 0 aliphatic rings. The minimum atomic E-state index is 0.516. The van der Waals surface area contributed by atoms with Gasteiger partial charge in [0.05, 0.1) is 17.0 Å². The normalized spacial score (nSPS) is 11.2. The second kappa shape index (κ2) is 8.99. The molecule has 0 radical (unpaired) electrons. The first-order valence-electron chi connectivity index (χ1n) is 10.1. The number of aromatic nitrogens is 2. The van der Waals surface area contributed by atoms with Gasteiger partial charge in [-0.1, -0.05) is 57.2 Å². The first-order chi connectivity index (χ1) is 14.6. The van der Waals surface area contributed by atoms with E-state index in [1.807, 2.05) is 18.2 Å². The second-order valence-corrected chi connectivity index (χ2v) is 9.54. The lowest BCUT2D eigenvalue weighted by Crippen LogP contribution is -1.90. The molecule has 0 aliphatic carbocycles. The van der Waals surface area contributed by atoms with Gasteiger partial charge in [0.1, 0.15) is 16.2 Å². The summed E-state index contributed by atoms with van der Waals surface area (Å²) in [6.07, 6.45) is 2.63. The molecule has 0 saturated carbocycles. The summed E-state index contributed by atoms with van der Waals surface area (Å²) in [5.74, 6) is 1.28. The smallest absolute Gasteiger partial charge is 0.128 e. The minimum absolute atomic E-state index is 0.516. The zero-order valence-electron chi connectivity index (χ0n) is 17.3. The zero-order chi connectivity index (χ0) is 21.1. The topological polar surface area (TPSA) is 49.6 Å². The van der Waals surface area contributed by atoms with Gasteiger partial charge in [-0.3, -0.25) is 0 Å². The lowest BCUT2D eigenvalue weighted by molar-refractivity contribution is 0.867. The summed E-state index contributed by atoms with van der Waals surface area (Å²) in [5, 5.41) is 11.3. The van der Waals surface area contributed by atoms with Crippen LogP contribution < -0.4 is 0 Å². The van der Waals surface area contributed by atoms with Crippen LogP contribution in [0.1, 0.15) is 48.3 Å². The van der Waals surface area contributed by atoms with Gasteiger partial charge in [0.25, 0.3) is 0 Å². The maximum Gasteiger partial charge on any atom is 0.128 e. The fraction of sp³-hybridized carbons (Fsp3) is 0.240. The molecule has 0 bridgehead atoms. The molecule has 0 spiro atoms. The van der Waals surface area contributed by atoms with Crippen molar-refractivity contribution in [3.8, 4) is 17.2 Å². The zero-order valence-corrected chi connectivity index (χ0v) is 19.0. The molecule has 0 fully saturated rings. The number of rotatable bonds is 6. The van der Waals surface area contributed by atoms with Crippen molar-refractivity contribution >= 4 is 33.3 Å². The SMILES string of the molecule is CCc1sc2ncnc(SCc3cccc(C#N)c3)c2c1-c1ccc(C(C)C)cc1. The van der Waals surface area contributed by atoms with Gasteiger partial charge in [0, 0.05) is 16.2 Å². The van der Waals surface area contributed by atoms with Crippen molar-refractivity contribution in [2.24, 2.45) is 0 Å². The Kier molecular flexibility index (Phi) is 6.17. The molecule has 4 rings (SSSR count). The van der Waals surface area contributed by atoms with E-state index in [9.17, 15) is 0 Å². The molecule has 3 nitrogen and oxygen atoms in total. The highest BCUT2D eigenvalue weighted by molar-refractivity contribution is 7.98. The third-order valence-electron chi connectivity index (χ3n) is 5.15.